The molecule has 0 saturated carbocycles. The Hall–Kier alpha value is -2.19. The molecule has 43 heavy (non-hydrogen) atoms. The molecule has 2 unspecified atom stereocenters. The van der Waals surface area contributed by atoms with Gasteiger partial charge >= 0.3 is 6.18 Å². The quantitative estimate of drug-likeness (QED) is 0.182. The Morgan fingerprint density at radius 1 is 1.28 bits per heavy atom. The third-order valence-corrected chi connectivity index (χ3v) is 11.0. The Bertz CT molecular complexity index is 1360. The van der Waals surface area contributed by atoms with E-state index in [1.165, 1.54) is 42.1 Å². The fraction of sp³-hybridized carbons (Fsp3) is 0.548. The number of amides is 1. The molecule has 3 heterocycles. The number of allylic oxidation sites excluding steroid dienone is 3. The lowest BCUT2D eigenvalue weighted by Gasteiger charge is -2.39. The van der Waals surface area contributed by atoms with Crippen LogP contribution in [-0.4, -0.2) is 48.9 Å². The summed E-state index contributed by atoms with van der Waals surface area (Å²) < 4.78 is 61.6. The molecule has 1 aromatic carbocycles. The third-order valence-electron chi connectivity index (χ3n) is 8.47. The van der Waals surface area contributed by atoms with Crippen LogP contribution < -0.4 is 4.90 Å². The highest BCUT2D eigenvalue weighted by molar-refractivity contribution is 14.1. The van der Waals surface area contributed by atoms with Crippen LogP contribution in [0, 0.1) is 17.8 Å². The molecule has 0 spiro atoms. The molecule has 3 aliphatic heterocycles. The average molecular weight is 733 g/mol. The number of rotatable bonds is 10. The Morgan fingerprint density at radius 2 is 1.93 bits per heavy atom. The van der Waals surface area contributed by atoms with Gasteiger partial charge in [-0.15, -0.1) is 0 Å². The summed E-state index contributed by atoms with van der Waals surface area (Å²) in [5, 5.41) is 0. The summed E-state index contributed by atoms with van der Waals surface area (Å²) in [5.74, 6) is -0.581. The Balaban J connectivity index is 1.64. The molecule has 4 rings (SSSR count). The number of aliphatic imine (C=N–C) groups is 1. The Kier molecular flexibility index (Phi) is 10.2. The van der Waals surface area contributed by atoms with Crippen LogP contribution in [-0.2, 0) is 20.1 Å². The summed E-state index contributed by atoms with van der Waals surface area (Å²) in [6.45, 7) is 14.2. The van der Waals surface area contributed by atoms with Gasteiger partial charge in [0.15, 0.2) is 17.1 Å². The molecule has 0 N–H and O–H groups in total. The molecule has 0 bridgehead atoms. The monoisotopic (exact) mass is 732 g/mol. The maximum Gasteiger partial charge on any atom is 0.413 e. The normalized spacial score (nSPS) is 22.2. The van der Waals surface area contributed by atoms with E-state index >= 15 is 0 Å². The van der Waals surface area contributed by atoms with Gasteiger partial charge in [-0.3, -0.25) is 12.1 Å². The van der Waals surface area contributed by atoms with Crippen molar-refractivity contribution in [2.45, 2.75) is 77.3 Å². The van der Waals surface area contributed by atoms with E-state index in [2.05, 4.69) is 34.4 Å². The highest BCUT2D eigenvalue weighted by Gasteiger charge is 2.51. The second-order valence-electron chi connectivity index (χ2n) is 11.9. The van der Waals surface area contributed by atoms with Crippen molar-refractivity contribution < 1.29 is 26.4 Å². The first-order valence-corrected chi connectivity index (χ1v) is 16.6. The Labute approximate surface area is 269 Å². The summed E-state index contributed by atoms with van der Waals surface area (Å²) in [6, 6.07) is 4.02. The fourth-order valence-corrected chi connectivity index (χ4v) is 8.81. The van der Waals surface area contributed by atoms with Crippen LogP contribution in [0.2, 0.25) is 0 Å². The molecular weight excluding hydrogens is 692 g/mol. The topological polar surface area (TPSA) is 65.4 Å². The van der Waals surface area contributed by atoms with E-state index < -0.39 is 39.9 Å². The molecule has 0 fully saturated rings. The van der Waals surface area contributed by atoms with Gasteiger partial charge in [-0.1, -0.05) is 46.4 Å². The van der Waals surface area contributed by atoms with Gasteiger partial charge in [0.1, 0.15) is 5.82 Å². The number of alkyl halides is 3. The minimum absolute atomic E-state index is 0.0498. The molecule has 3 aliphatic rings. The standard InChI is InChI=1S/C31H40F3IN4O3S/c1-8-24(30(6,17-19(2)3)43(41)42-7)29(40)39(35)28(31(32,33)34)22-11-13-23(14-12-22)37-15-9-10-25-26(37)18-36-27-16-20(4)21(5)38(25)27/h11-14,16,18-20,24,28H,5,8-10,15,17H2,1-4,6-7H3/t20-,24-,28+,30?,43?/m1/s1. The number of halogens is 4. The zero-order chi connectivity index (χ0) is 31.9. The summed E-state index contributed by atoms with van der Waals surface area (Å²) in [6.07, 6.45) is 1.45. The largest absolute Gasteiger partial charge is 0.413 e. The minimum atomic E-state index is -4.74. The first kappa shape index (κ1) is 33.7. The van der Waals surface area contributed by atoms with E-state index in [1.807, 2.05) is 20.1 Å². The zero-order valence-corrected chi connectivity index (χ0v) is 28.4. The van der Waals surface area contributed by atoms with Gasteiger partial charge in [-0.25, -0.2) is 9.20 Å². The number of anilines is 1. The average Bonchev–Trinajstić information content (AvgIpc) is 3.25. The molecule has 0 aliphatic carbocycles. The molecule has 0 saturated heterocycles. The van der Waals surface area contributed by atoms with Crippen molar-refractivity contribution in [3.8, 4) is 0 Å². The van der Waals surface area contributed by atoms with Gasteiger partial charge in [0.25, 0.3) is 0 Å². The molecule has 236 valence electrons. The van der Waals surface area contributed by atoms with Crippen LogP contribution in [0.3, 0.4) is 0 Å². The van der Waals surface area contributed by atoms with Gasteiger partial charge in [0, 0.05) is 29.5 Å². The molecule has 5 atom stereocenters. The maximum atomic E-state index is 14.6. The molecule has 0 aromatic heterocycles. The second-order valence-corrected chi connectivity index (χ2v) is 14.7. The lowest BCUT2D eigenvalue weighted by atomic mass is 9.83. The van der Waals surface area contributed by atoms with Crippen molar-refractivity contribution in [2.24, 2.45) is 22.7 Å². The van der Waals surface area contributed by atoms with Crippen LogP contribution in [0.4, 0.5) is 18.9 Å². The van der Waals surface area contributed by atoms with E-state index in [9.17, 15) is 22.2 Å². The van der Waals surface area contributed by atoms with Crippen molar-refractivity contribution in [3.63, 3.8) is 0 Å². The van der Waals surface area contributed by atoms with E-state index in [-0.39, 0.29) is 23.8 Å². The van der Waals surface area contributed by atoms with Crippen molar-refractivity contribution in [1.82, 2.24) is 8.01 Å². The number of nitrogens with zero attached hydrogens (tertiary/aromatic N) is 4. The number of hydrogen-bond acceptors (Lipinski definition) is 6. The van der Waals surface area contributed by atoms with Crippen LogP contribution in [0.1, 0.15) is 71.9 Å². The lowest BCUT2D eigenvalue weighted by Crippen LogP contribution is -2.49. The summed E-state index contributed by atoms with van der Waals surface area (Å²) >= 11 is -0.408. The van der Waals surface area contributed by atoms with Crippen molar-refractivity contribution >= 4 is 51.8 Å². The van der Waals surface area contributed by atoms with E-state index in [0.29, 0.717) is 13.0 Å². The fourth-order valence-electron chi connectivity index (χ4n) is 6.49. The summed E-state index contributed by atoms with van der Waals surface area (Å²) in [4.78, 5) is 22.6. The number of fused-ring (bicyclic) bond motifs is 2. The highest BCUT2D eigenvalue weighted by Crippen LogP contribution is 2.45. The van der Waals surface area contributed by atoms with Crippen LogP contribution >= 0.6 is 22.9 Å². The van der Waals surface area contributed by atoms with Crippen LogP contribution in [0.5, 0.6) is 0 Å². The molecule has 0 radical (unpaired) electrons. The van der Waals surface area contributed by atoms with Crippen molar-refractivity contribution in [3.05, 3.63) is 65.4 Å². The highest BCUT2D eigenvalue weighted by atomic mass is 127. The van der Waals surface area contributed by atoms with Gasteiger partial charge < -0.3 is 9.80 Å². The number of benzene rings is 1. The Morgan fingerprint density at radius 3 is 2.49 bits per heavy atom. The predicted octanol–water partition coefficient (Wildman–Crippen LogP) is 7.81. The number of carbonyl (C=O) groups is 1. The molecule has 1 amide bonds. The van der Waals surface area contributed by atoms with Gasteiger partial charge in [0.2, 0.25) is 5.91 Å². The van der Waals surface area contributed by atoms with Crippen molar-refractivity contribution in [2.75, 3.05) is 18.6 Å². The minimum Gasteiger partial charge on any atom is -0.339 e. The van der Waals surface area contributed by atoms with E-state index in [1.54, 1.807) is 26.0 Å². The SMILES string of the molecule is C=C1[C@H](C)C=C2N=CC3=C(CCCN3c3ccc([C@H](N(I)C(=O)[C@@H](CC)C(C)(CC(C)C)S(=O)OC)C(F)(F)F)cc3)N12. The predicted molar refractivity (Wildman–Crippen MR) is 173 cm³/mol. The molecule has 12 heteroatoms. The summed E-state index contributed by atoms with van der Waals surface area (Å²) in [5.41, 5.74) is 3.65. The second kappa shape index (κ2) is 13.0. The van der Waals surface area contributed by atoms with Gasteiger partial charge in [0.05, 0.1) is 52.6 Å². The van der Waals surface area contributed by atoms with E-state index in [0.717, 1.165) is 44.6 Å². The first-order chi connectivity index (χ1) is 20.1. The van der Waals surface area contributed by atoms with Crippen molar-refractivity contribution in [1.29, 1.82) is 0 Å². The third kappa shape index (κ3) is 6.47. The molecule has 1 aromatic rings. The first-order valence-electron chi connectivity index (χ1n) is 14.5. The number of hydrogen-bond donors (Lipinski definition) is 0. The van der Waals surface area contributed by atoms with Crippen LogP contribution in [0.25, 0.3) is 0 Å². The van der Waals surface area contributed by atoms with E-state index in [4.69, 9.17) is 4.18 Å². The smallest absolute Gasteiger partial charge is 0.339 e. The maximum absolute atomic E-state index is 14.6. The lowest BCUT2D eigenvalue weighted by molar-refractivity contribution is -0.178. The summed E-state index contributed by atoms with van der Waals surface area (Å²) in [7, 11) is 1.28. The molecule has 7 nitrogen and oxygen atoms in total. The number of carbonyl (C=O) groups excluding carboxylic acids is 1. The zero-order valence-electron chi connectivity index (χ0n) is 25.4. The van der Waals surface area contributed by atoms with Crippen LogP contribution in [0.15, 0.2) is 64.8 Å². The van der Waals surface area contributed by atoms with Gasteiger partial charge in [-0.2, -0.15) is 13.2 Å². The molecular formula is C31H40F3IN4O3S. The van der Waals surface area contributed by atoms with Gasteiger partial charge in [-0.05, 0) is 62.3 Å².